The van der Waals surface area contributed by atoms with Crippen LogP contribution >= 0.6 is 0 Å². The van der Waals surface area contributed by atoms with Crippen molar-refractivity contribution in [3.63, 3.8) is 0 Å². The molecule has 1 amide bonds. The maximum Gasteiger partial charge on any atom is 0.339 e. The number of aryl methyl sites for hydroxylation is 1. The van der Waals surface area contributed by atoms with E-state index < -0.39 is 5.97 Å². The Kier molecular flexibility index (Phi) is 5.84. The van der Waals surface area contributed by atoms with Crippen molar-refractivity contribution in [2.45, 2.75) is 26.9 Å². The number of nitrogens with zero attached hydrogens (tertiary/aromatic N) is 3. The fourth-order valence-corrected chi connectivity index (χ4v) is 2.93. The number of esters is 1. The third-order valence-corrected chi connectivity index (χ3v) is 4.55. The average molecular weight is 378 g/mol. The smallest absolute Gasteiger partial charge is 0.339 e. The lowest BCUT2D eigenvalue weighted by Crippen LogP contribution is -2.24. The Morgan fingerprint density at radius 3 is 2.50 bits per heavy atom. The zero-order valence-electron chi connectivity index (χ0n) is 16.1. The van der Waals surface area contributed by atoms with Gasteiger partial charge in [0.25, 0.3) is 5.91 Å². The molecule has 0 aliphatic carbocycles. The molecule has 2 heterocycles. The molecule has 0 bridgehead atoms. The van der Waals surface area contributed by atoms with Gasteiger partial charge in [-0.1, -0.05) is 30.3 Å². The van der Waals surface area contributed by atoms with Gasteiger partial charge in [-0.25, -0.2) is 4.79 Å². The topological polar surface area (TPSA) is 86.1 Å². The molecule has 0 saturated heterocycles. The molecule has 1 N–H and O–H groups in total. The first kappa shape index (κ1) is 19.3. The molecular weight excluding hydrogens is 356 g/mol. The maximum atomic E-state index is 12.4. The number of aromatic nitrogens is 3. The van der Waals surface area contributed by atoms with Crippen molar-refractivity contribution >= 4 is 11.9 Å². The molecule has 0 radical (unpaired) electrons. The van der Waals surface area contributed by atoms with Crippen molar-refractivity contribution in [3.8, 4) is 0 Å². The molecule has 7 heteroatoms. The van der Waals surface area contributed by atoms with Crippen LogP contribution in [0, 0.1) is 13.8 Å². The third kappa shape index (κ3) is 4.25. The van der Waals surface area contributed by atoms with E-state index in [0.29, 0.717) is 18.7 Å². The fraction of sp³-hybridized carbons (Fsp3) is 0.238. The molecule has 0 spiro atoms. The van der Waals surface area contributed by atoms with Crippen molar-refractivity contribution in [1.82, 2.24) is 20.1 Å². The summed E-state index contributed by atoms with van der Waals surface area (Å²) in [4.78, 5) is 27.8. The molecule has 0 saturated carbocycles. The van der Waals surface area contributed by atoms with Gasteiger partial charge in [0.1, 0.15) is 5.69 Å². The fourth-order valence-electron chi connectivity index (χ4n) is 2.93. The minimum Gasteiger partial charge on any atom is -0.465 e. The van der Waals surface area contributed by atoms with Crippen LogP contribution in [-0.4, -0.2) is 33.8 Å². The van der Waals surface area contributed by atoms with E-state index in [1.54, 1.807) is 0 Å². The monoisotopic (exact) mass is 378 g/mol. The predicted molar refractivity (Wildman–Crippen MR) is 104 cm³/mol. The maximum absolute atomic E-state index is 12.4. The lowest BCUT2D eigenvalue weighted by atomic mass is 10.2. The normalized spacial score (nSPS) is 10.5. The van der Waals surface area contributed by atoms with Crippen LogP contribution in [-0.2, 0) is 17.8 Å². The zero-order chi connectivity index (χ0) is 20.1. The Labute approximate surface area is 163 Å². The predicted octanol–water partition coefficient (Wildman–Crippen LogP) is 2.66. The van der Waals surface area contributed by atoms with Gasteiger partial charge in [0.05, 0.1) is 24.9 Å². The second kappa shape index (κ2) is 8.47. The number of carbonyl (C=O) groups is 2. The minimum atomic E-state index is -0.489. The van der Waals surface area contributed by atoms with Crippen molar-refractivity contribution in [2.24, 2.45) is 0 Å². The highest BCUT2D eigenvalue weighted by Gasteiger charge is 2.15. The Bertz CT molecular complexity index is 979. The van der Waals surface area contributed by atoms with Crippen molar-refractivity contribution < 1.29 is 14.3 Å². The van der Waals surface area contributed by atoms with E-state index in [1.165, 1.54) is 31.0 Å². The Hall–Kier alpha value is -3.48. The highest BCUT2D eigenvalue weighted by Crippen LogP contribution is 2.15. The summed E-state index contributed by atoms with van der Waals surface area (Å²) in [5.41, 5.74) is 4.57. The van der Waals surface area contributed by atoms with Gasteiger partial charge in [-0.15, -0.1) is 0 Å². The van der Waals surface area contributed by atoms with Crippen LogP contribution in [0.5, 0.6) is 0 Å². The van der Waals surface area contributed by atoms with Crippen LogP contribution in [0.4, 0.5) is 0 Å². The Morgan fingerprint density at radius 1 is 1.11 bits per heavy atom. The highest BCUT2D eigenvalue weighted by atomic mass is 16.5. The molecule has 7 nitrogen and oxygen atoms in total. The number of pyridine rings is 1. The summed E-state index contributed by atoms with van der Waals surface area (Å²) in [6, 6.07) is 13.1. The molecule has 144 valence electrons. The second-order valence-electron chi connectivity index (χ2n) is 6.40. The number of ether oxygens (including phenoxy) is 1. The van der Waals surface area contributed by atoms with Crippen molar-refractivity contribution in [3.05, 3.63) is 82.4 Å². The first-order chi connectivity index (χ1) is 13.5. The first-order valence-electron chi connectivity index (χ1n) is 8.89. The molecule has 0 aliphatic heterocycles. The van der Waals surface area contributed by atoms with E-state index in [2.05, 4.69) is 32.3 Å². The zero-order valence-corrected chi connectivity index (χ0v) is 16.1. The highest BCUT2D eigenvalue weighted by molar-refractivity contribution is 5.94. The van der Waals surface area contributed by atoms with E-state index in [1.807, 2.05) is 36.7 Å². The van der Waals surface area contributed by atoms with E-state index in [4.69, 9.17) is 0 Å². The summed E-state index contributed by atoms with van der Waals surface area (Å²) in [7, 11) is 1.30. The summed E-state index contributed by atoms with van der Waals surface area (Å²) in [5, 5.41) is 7.46. The lowest BCUT2D eigenvalue weighted by Gasteiger charge is -2.07. The van der Waals surface area contributed by atoms with Gasteiger partial charge >= 0.3 is 5.97 Å². The number of hydrogen-bond acceptors (Lipinski definition) is 5. The number of amides is 1. The van der Waals surface area contributed by atoms with E-state index >= 15 is 0 Å². The minimum absolute atomic E-state index is 0.236. The number of carbonyl (C=O) groups excluding carboxylic acids is 2. The van der Waals surface area contributed by atoms with Gasteiger partial charge in [-0.3, -0.25) is 14.5 Å². The molecule has 3 rings (SSSR count). The first-order valence-corrected chi connectivity index (χ1v) is 8.89. The molecular formula is C21H22N4O3. The Morgan fingerprint density at radius 2 is 1.86 bits per heavy atom. The van der Waals surface area contributed by atoms with E-state index in [0.717, 1.165) is 17.0 Å². The van der Waals surface area contributed by atoms with Crippen LogP contribution in [0.25, 0.3) is 0 Å². The van der Waals surface area contributed by atoms with Gasteiger partial charge < -0.3 is 10.1 Å². The molecule has 1 aromatic carbocycles. The summed E-state index contributed by atoms with van der Waals surface area (Å²) in [5.74, 6) is -0.803. The van der Waals surface area contributed by atoms with Crippen LogP contribution in [0.3, 0.4) is 0 Å². The van der Waals surface area contributed by atoms with Crippen molar-refractivity contribution in [2.75, 3.05) is 7.11 Å². The number of benzene rings is 1. The molecule has 0 aliphatic rings. The largest absolute Gasteiger partial charge is 0.465 e. The van der Waals surface area contributed by atoms with E-state index in [-0.39, 0.29) is 11.6 Å². The summed E-state index contributed by atoms with van der Waals surface area (Å²) in [6.45, 7) is 4.96. The SMILES string of the molecule is COC(=O)c1ccc(C(=O)NCc2c(C)nn(Cc3ccccc3)c2C)nc1. The van der Waals surface area contributed by atoms with Gasteiger partial charge in [0.2, 0.25) is 0 Å². The molecule has 0 fully saturated rings. The Balaban J connectivity index is 1.67. The van der Waals surface area contributed by atoms with Gasteiger partial charge in [0, 0.05) is 24.0 Å². The number of nitrogens with one attached hydrogen (secondary N) is 1. The number of methoxy groups -OCH3 is 1. The summed E-state index contributed by atoms with van der Waals surface area (Å²) >= 11 is 0. The average Bonchev–Trinajstić information content (AvgIpc) is 2.99. The second-order valence-corrected chi connectivity index (χ2v) is 6.40. The lowest BCUT2D eigenvalue weighted by molar-refractivity contribution is 0.0599. The number of rotatable bonds is 6. The van der Waals surface area contributed by atoms with Crippen LogP contribution in [0.15, 0.2) is 48.7 Å². The van der Waals surface area contributed by atoms with Crippen LogP contribution < -0.4 is 5.32 Å². The summed E-state index contributed by atoms with van der Waals surface area (Å²) < 4.78 is 6.56. The third-order valence-electron chi connectivity index (χ3n) is 4.55. The molecule has 0 unspecified atom stereocenters. The molecule has 28 heavy (non-hydrogen) atoms. The molecule has 0 atom stereocenters. The standard InChI is InChI=1S/C21H22N4O3/c1-14-18(15(2)25(24-14)13-16-7-5-4-6-8-16)12-23-20(26)19-10-9-17(11-22-19)21(27)28-3/h4-11H,12-13H2,1-3H3,(H,23,26). The molecule has 2 aromatic heterocycles. The van der Waals surface area contributed by atoms with Crippen LogP contribution in [0.1, 0.15) is 43.4 Å². The van der Waals surface area contributed by atoms with Crippen LogP contribution in [0.2, 0.25) is 0 Å². The summed E-state index contributed by atoms with van der Waals surface area (Å²) in [6.07, 6.45) is 1.33. The quantitative estimate of drug-likeness (QED) is 0.667. The van der Waals surface area contributed by atoms with Crippen molar-refractivity contribution in [1.29, 1.82) is 0 Å². The van der Waals surface area contributed by atoms with Gasteiger partial charge in [-0.05, 0) is 31.5 Å². The molecule has 3 aromatic rings. The van der Waals surface area contributed by atoms with E-state index in [9.17, 15) is 9.59 Å². The van der Waals surface area contributed by atoms with Gasteiger partial charge in [0.15, 0.2) is 0 Å². The number of hydrogen-bond donors (Lipinski definition) is 1. The van der Waals surface area contributed by atoms with Gasteiger partial charge in [-0.2, -0.15) is 5.10 Å².